The van der Waals surface area contributed by atoms with Gasteiger partial charge in [-0.3, -0.25) is 0 Å². The van der Waals surface area contributed by atoms with Crippen LogP contribution in [0.3, 0.4) is 0 Å². The van der Waals surface area contributed by atoms with Gasteiger partial charge >= 0.3 is 0 Å². The first-order valence-corrected chi connectivity index (χ1v) is 6.58. The van der Waals surface area contributed by atoms with Gasteiger partial charge in [0.25, 0.3) is 0 Å². The number of thiophene rings is 1. The van der Waals surface area contributed by atoms with Crippen molar-refractivity contribution in [3.63, 3.8) is 0 Å². The highest BCUT2D eigenvalue weighted by molar-refractivity contribution is 8.00. The molecule has 0 fully saturated rings. The third kappa shape index (κ3) is 1.51. The van der Waals surface area contributed by atoms with Crippen LogP contribution in [-0.2, 0) is 6.42 Å². The first-order chi connectivity index (χ1) is 6.76. The first kappa shape index (κ1) is 9.87. The number of phenolic OH excluding ortho intramolecular Hbond substituents is 1. The fourth-order valence-corrected chi connectivity index (χ4v) is 3.78. The molecular weight excluding hydrogens is 212 g/mol. The molecule has 14 heavy (non-hydrogen) atoms. The van der Waals surface area contributed by atoms with Gasteiger partial charge < -0.3 is 5.11 Å². The summed E-state index contributed by atoms with van der Waals surface area (Å²) in [6, 6.07) is 5.62. The molecule has 74 valence electrons. The maximum Gasteiger partial charge on any atom is 0.117 e. The van der Waals surface area contributed by atoms with Crippen molar-refractivity contribution >= 4 is 33.2 Å². The van der Waals surface area contributed by atoms with Gasteiger partial charge in [0.05, 0.1) is 4.21 Å². The molecule has 0 aliphatic carbocycles. The maximum absolute atomic E-state index is 9.38. The second-order valence-corrected chi connectivity index (χ2v) is 5.23. The summed E-state index contributed by atoms with van der Waals surface area (Å²) < 4.78 is 2.55. The minimum Gasteiger partial charge on any atom is -0.508 e. The molecule has 2 rings (SSSR count). The number of fused-ring (bicyclic) bond motifs is 1. The maximum atomic E-state index is 9.38. The molecule has 0 unspecified atom stereocenters. The Morgan fingerprint density at radius 2 is 2.21 bits per heavy atom. The summed E-state index contributed by atoms with van der Waals surface area (Å²) in [7, 11) is 0. The van der Waals surface area contributed by atoms with Crippen LogP contribution in [0.15, 0.2) is 22.4 Å². The lowest BCUT2D eigenvalue weighted by molar-refractivity contribution is 0.476. The third-order valence-corrected chi connectivity index (χ3v) is 4.63. The van der Waals surface area contributed by atoms with E-state index in [9.17, 15) is 5.11 Å². The molecule has 0 radical (unpaired) electrons. The summed E-state index contributed by atoms with van der Waals surface area (Å²) in [4.78, 5) is 0. The van der Waals surface area contributed by atoms with Gasteiger partial charge in [0.15, 0.2) is 0 Å². The second-order valence-electron chi connectivity index (χ2n) is 3.11. The van der Waals surface area contributed by atoms with E-state index in [0.29, 0.717) is 5.75 Å². The number of rotatable bonds is 2. The van der Waals surface area contributed by atoms with Crippen molar-refractivity contribution in [2.45, 2.75) is 17.6 Å². The molecule has 0 amide bonds. The molecule has 0 aliphatic heterocycles. The van der Waals surface area contributed by atoms with Gasteiger partial charge in [-0.15, -0.1) is 23.1 Å². The Balaban J connectivity index is 2.73. The summed E-state index contributed by atoms with van der Waals surface area (Å²) in [5.74, 6) is 0.356. The number of thioether (sulfide) groups is 1. The van der Waals surface area contributed by atoms with E-state index in [0.717, 1.165) is 6.42 Å². The SMILES string of the molecule is CCc1c(SC)sc2cc(O)ccc12. The van der Waals surface area contributed by atoms with E-state index in [1.165, 1.54) is 19.9 Å². The Morgan fingerprint density at radius 3 is 2.86 bits per heavy atom. The Morgan fingerprint density at radius 1 is 1.43 bits per heavy atom. The van der Waals surface area contributed by atoms with Crippen molar-refractivity contribution < 1.29 is 5.11 Å². The fraction of sp³-hybridized carbons (Fsp3) is 0.273. The van der Waals surface area contributed by atoms with E-state index < -0.39 is 0 Å². The van der Waals surface area contributed by atoms with E-state index in [2.05, 4.69) is 13.2 Å². The van der Waals surface area contributed by atoms with Crippen LogP contribution in [0.2, 0.25) is 0 Å². The Bertz CT molecular complexity index is 460. The summed E-state index contributed by atoms with van der Waals surface area (Å²) in [5, 5.41) is 10.7. The van der Waals surface area contributed by atoms with Crippen LogP contribution in [0.5, 0.6) is 5.75 Å². The lowest BCUT2D eigenvalue weighted by Crippen LogP contribution is -1.78. The highest BCUT2D eigenvalue weighted by Crippen LogP contribution is 2.38. The second kappa shape index (κ2) is 3.83. The molecule has 0 saturated carbocycles. The molecular formula is C11H12OS2. The van der Waals surface area contributed by atoms with Crippen LogP contribution in [0.1, 0.15) is 12.5 Å². The predicted molar refractivity (Wildman–Crippen MR) is 64.6 cm³/mol. The highest BCUT2D eigenvalue weighted by atomic mass is 32.2. The zero-order valence-corrected chi connectivity index (χ0v) is 9.84. The summed E-state index contributed by atoms with van der Waals surface area (Å²) in [6.45, 7) is 2.17. The van der Waals surface area contributed by atoms with Crippen molar-refractivity contribution in [3.8, 4) is 5.75 Å². The third-order valence-electron chi connectivity index (χ3n) is 2.28. The average molecular weight is 224 g/mol. The molecule has 1 N–H and O–H groups in total. The van der Waals surface area contributed by atoms with Crippen molar-refractivity contribution in [1.29, 1.82) is 0 Å². The van der Waals surface area contributed by atoms with Gasteiger partial charge in [-0.25, -0.2) is 0 Å². The number of aromatic hydroxyl groups is 1. The lowest BCUT2D eigenvalue weighted by Gasteiger charge is -1.97. The summed E-state index contributed by atoms with van der Waals surface area (Å²) in [5.41, 5.74) is 1.41. The zero-order chi connectivity index (χ0) is 10.1. The van der Waals surface area contributed by atoms with Crippen LogP contribution in [0.25, 0.3) is 10.1 Å². The van der Waals surface area contributed by atoms with Crippen molar-refractivity contribution in [1.82, 2.24) is 0 Å². The molecule has 1 nitrogen and oxygen atoms in total. The molecule has 0 saturated heterocycles. The van der Waals surface area contributed by atoms with E-state index in [1.807, 2.05) is 12.1 Å². The molecule has 1 aromatic carbocycles. The molecule has 1 aromatic heterocycles. The zero-order valence-electron chi connectivity index (χ0n) is 8.20. The Kier molecular flexibility index (Phi) is 2.70. The number of phenols is 1. The number of benzene rings is 1. The lowest BCUT2D eigenvalue weighted by atomic mass is 10.1. The van der Waals surface area contributed by atoms with Crippen LogP contribution in [-0.4, -0.2) is 11.4 Å². The largest absolute Gasteiger partial charge is 0.508 e. The molecule has 3 heteroatoms. The quantitative estimate of drug-likeness (QED) is 0.781. The minimum absolute atomic E-state index is 0.356. The van der Waals surface area contributed by atoms with E-state index in [4.69, 9.17) is 0 Å². The standard InChI is InChI=1S/C11H12OS2/c1-3-8-9-5-4-7(12)6-10(9)14-11(8)13-2/h4-6,12H,3H2,1-2H3. The van der Waals surface area contributed by atoms with Crippen LogP contribution < -0.4 is 0 Å². The fourth-order valence-electron chi connectivity index (χ4n) is 1.62. The topological polar surface area (TPSA) is 20.2 Å². The van der Waals surface area contributed by atoms with Gasteiger partial charge in [-0.2, -0.15) is 0 Å². The molecule has 0 atom stereocenters. The van der Waals surface area contributed by atoms with Crippen LogP contribution in [0.4, 0.5) is 0 Å². The molecule has 0 spiro atoms. The first-order valence-electron chi connectivity index (χ1n) is 4.54. The molecule has 2 aromatic rings. The van der Waals surface area contributed by atoms with Crippen molar-refractivity contribution in [3.05, 3.63) is 23.8 Å². The molecule has 1 heterocycles. The van der Waals surface area contributed by atoms with E-state index in [1.54, 1.807) is 29.2 Å². The van der Waals surface area contributed by atoms with E-state index in [-0.39, 0.29) is 0 Å². The Labute approximate surface area is 91.8 Å². The highest BCUT2D eigenvalue weighted by Gasteiger charge is 2.09. The van der Waals surface area contributed by atoms with Crippen LogP contribution in [0, 0.1) is 0 Å². The summed E-state index contributed by atoms with van der Waals surface area (Å²) in [6.07, 6.45) is 3.16. The number of hydrogen-bond acceptors (Lipinski definition) is 3. The Hall–Kier alpha value is -0.670. The van der Waals surface area contributed by atoms with Gasteiger partial charge in [0, 0.05) is 4.70 Å². The molecule has 0 aliphatic rings. The number of hydrogen-bond donors (Lipinski definition) is 1. The van der Waals surface area contributed by atoms with Gasteiger partial charge in [0.1, 0.15) is 5.75 Å². The van der Waals surface area contributed by atoms with Crippen LogP contribution >= 0.6 is 23.1 Å². The average Bonchev–Trinajstić information content (AvgIpc) is 2.54. The van der Waals surface area contributed by atoms with Gasteiger partial charge in [-0.05, 0) is 41.8 Å². The normalized spacial score (nSPS) is 11.0. The van der Waals surface area contributed by atoms with Crippen molar-refractivity contribution in [2.24, 2.45) is 0 Å². The van der Waals surface area contributed by atoms with Gasteiger partial charge in [-0.1, -0.05) is 6.92 Å². The smallest absolute Gasteiger partial charge is 0.117 e. The van der Waals surface area contributed by atoms with E-state index >= 15 is 0 Å². The number of aryl methyl sites for hydroxylation is 1. The predicted octanol–water partition coefficient (Wildman–Crippen LogP) is 3.89. The summed E-state index contributed by atoms with van der Waals surface area (Å²) >= 11 is 3.55. The monoisotopic (exact) mass is 224 g/mol. The van der Waals surface area contributed by atoms with Gasteiger partial charge in [0.2, 0.25) is 0 Å². The van der Waals surface area contributed by atoms with Crippen molar-refractivity contribution in [2.75, 3.05) is 6.26 Å². The minimum atomic E-state index is 0.356. The molecule has 0 bridgehead atoms.